The number of piperidine rings is 1. The molecule has 0 saturated carbocycles. The molecule has 3 aromatic rings. The molecule has 1 aromatic heterocycles. The number of hydrogen-bond acceptors (Lipinski definition) is 6. The third-order valence-electron chi connectivity index (χ3n) is 5.15. The van der Waals surface area contributed by atoms with E-state index in [9.17, 15) is 13.2 Å². The molecule has 4 rings (SSSR count). The van der Waals surface area contributed by atoms with Crippen molar-refractivity contribution in [2.24, 2.45) is 5.92 Å². The first kappa shape index (κ1) is 20.8. The zero-order chi connectivity index (χ0) is 21.0. The SMILES string of the molecule is O=C(NCCSc1ncn[nH]1)[C@@H]1CCCN(S(=O)(=O)c2ccc3ccccc3c2)C1. The maximum atomic E-state index is 13.2. The molecule has 0 aliphatic carbocycles. The maximum absolute atomic E-state index is 13.2. The summed E-state index contributed by atoms with van der Waals surface area (Å²) < 4.78 is 27.8. The average molecular weight is 446 g/mol. The van der Waals surface area contributed by atoms with Crippen molar-refractivity contribution in [3.8, 4) is 0 Å². The highest BCUT2D eigenvalue weighted by atomic mass is 32.2. The number of carbonyl (C=O) groups excluding carboxylic acids is 1. The zero-order valence-corrected chi connectivity index (χ0v) is 18.0. The van der Waals surface area contributed by atoms with Crippen LogP contribution in [0, 0.1) is 5.92 Å². The van der Waals surface area contributed by atoms with Crippen LogP contribution in [-0.4, -0.2) is 59.2 Å². The van der Waals surface area contributed by atoms with Crippen LogP contribution in [0.3, 0.4) is 0 Å². The molecule has 8 nitrogen and oxygen atoms in total. The van der Waals surface area contributed by atoms with Crippen molar-refractivity contribution in [3.63, 3.8) is 0 Å². The van der Waals surface area contributed by atoms with Crippen LogP contribution in [0.4, 0.5) is 0 Å². The summed E-state index contributed by atoms with van der Waals surface area (Å²) in [5.74, 6) is 0.211. The maximum Gasteiger partial charge on any atom is 0.243 e. The van der Waals surface area contributed by atoms with Crippen LogP contribution in [0.2, 0.25) is 0 Å². The summed E-state index contributed by atoms with van der Waals surface area (Å²) in [6, 6.07) is 12.8. The van der Waals surface area contributed by atoms with Crippen molar-refractivity contribution in [3.05, 3.63) is 48.8 Å². The second-order valence-electron chi connectivity index (χ2n) is 7.14. The number of fused-ring (bicyclic) bond motifs is 1. The van der Waals surface area contributed by atoms with E-state index >= 15 is 0 Å². The fourth-order valence-electron chi connectivity index (χ4n) is 3.58. The second-order valence-corrected chi connectivity index (χ2v) is 10.2. The monoisotopic (exact) mass is 445 g/mol. The number of rotatable bonds is 7. The quantitative estimate of drug-likeness (QED) is 0.427. The van der Waals surface area contributed by atoms with Crippen LogP contribution in [0.25, 0.3) is 10.8 Å². The molecule has 0 bridgehead atoms. The summed E-state index contributed by atoms with van der Waals surface area (Å²) in [6.45, 7) is 1.12. The number of nitrogens with one attached hydrogen (secondary N) is 2. The fraction of sp³-hybridized carbons (Fsp3) is 0.350. The molecule has 0 radical (unpaired) electrons. The van der Waals surface area contributed by atoms with E-state index in [-0.39, 0.29) is 23.3 Å². The Labute approximate surface area is 179 Å². The van der Waals surface area contributed by atoms with E-state index in [0.717, 1.165) is 10.8 Å². The largest absolute Gasteiger partial charge is 0.355 e. The van der Waals surface area contributed by atoms with Crippen LogP contribution in [-0.2, 0) is 14.8 Å². The van der Waals surface area contributed by atoms with Crippen molar-refractivity contribution in [1.29, 1.82) is 0 Å². The van der Waals surface area contributed by atoms with Gasteiger partial charge in [0, 0.05) is 25.4 Å². The van der Waals surface area contributed by atoms with Crippen molar-refractivity contribution in [1.82, 2.24) is 24.8 Å². The van der Waals surface area contributed by atoms with E-state index in [4.69, 9.17) is 0 Å². The summed E-state index contributed by atoms with van der Waals surface area (Å²) in [7, 11) is -3.64. The first-order chi connectivity index (χ1) is 14.5. The molecule has 1 atom stereocenters. The smallest absolute Gasteiger partial charge is 0.243 e. The lowest BCUT2D eigenvalue weighted by atomic mass is 9.99. The van der Waals surface area contributed by atoms with Gasteiger partial charge in [-0.1, -0.05) is 42.1 Å². The van der Waals surface area contributed by atoms with Crippen LogP contribution in [0.15, 0.2) is 58.8 Å². The van der Waals surface area contributed by atoms with Gasteiger partial charge in [-0.25, -0.2) is 13.4 Å². The van der Waals surface area contributed by atoms with Gasteiger partial charge in [-0.15, -0.1) is 0 Å². The van der Waals surface area contributed by atoms with Gasteiger partial charge in [-0.2, -0.15) is 9.40 Å². The molecule has 30 heavy (non-hydrogen) atoms. The van der Waals surface area contributed by atoms with Crippen molar-refractivity contribution >= 4 is 38.5 Å². The minimum Gasteiger partial charge on any atom is -0.355 e. The Morgan fingerprint density at radius 3 is 2.87 bits per heavy atom. The second kappa shape index (κ2) is 9.15. The molecule has 1 amide bonds. The Morgan fingerprint density at radius 1 is 1.23 bits per heavy atom. The number of carbonyl (C=O) groups is 1. The summed E-state index contributed by atoms with van der Waals surface area (Å²) in [5.41, 5.74) is 0. The number of thioether (sulfide) groups is 1. The summed E-state index contributed by atoms with van der Waals surface area (Å²) >= 11 is 1.47. The van der Waals surface area contributed by atoms with Gasteiger partial charge in [0.15, 0.2) is 5.16 Å². The lowest BCUT2D eigenvalue weighted by Gasteiger charge is -2.31. The van der Waals surface area contributed by atoms with Gasteiger partial charge in [0.2, 0.25) is 15.9 Å². The highest BCUT2D eigenvalue weighted by molar-refractivity contribution is 7.99. The molecular weight excluding hydrogens is 422 g/mol. The predicted octanol–water partition coefficient (Wildman–Crippen LogP) is 2.27. The van der Waals surface area contributed by atoms with Gasteiger partial charge < -0.3 is 5.32 Å². The summed E-state index contributed by atoms with van der Waals surface area (Å²) in [6.07, 6.45) is 2.79. The van der Waals surface area contributed by atoms with E-state index in [1.165, 1.54) is 22.4 Å². The number of aromatic amines is 1. The van der Waals surface area contributed by atoms with Crippen LogP contribution >= 0.6 is 11.8 Å². The van der Waals surface area contributed by atoms with E-state index in [1.54, 1.807) is 12.1 Å². The van der Waals surface area contributed by atoms with Crippen molar-refractivity contribution in [2.45, 2.75) is 22.9 Å². The Bertz CT molecular complexity index is 1120. The number of benzene rings is 2. The molecule has 1 fully saturated rings. The number of hydrogen-bond donors (Lipinski definition) is 2. The number of aromatic nitrogens is 3. The molecule has 0 unspecified atom stereocenters. The van der Waals surface area contributed by atoms with Gasteiger partial charge in [0.1, 0.15) is 6.33 Å². The normalized spacial score (nSPS) is 17.8. The molecule has 1 aliphatic rings. The topological polar surface area (TPSA) is 108 Å². The highest BCUT2D eigenvalue weighted by Gasteiger charge is 2.33. The summed E-state index contributed by atoms with van der Waals surface area (Å²) in [4.78, 5) is 16.9. The highest BCUT2D eigenvalue weighted by Crippen LogP contribution is 2.26. The number of H-pyrrole nitrogens is 1. The first-order valence-electron chi connectivity index (χ1n) is 9.79. The zero-order valence-electron chi connectivity index (χ0n) is 16.3. The molecule has 1 aliphatic heterocycles. The van der Waals surface area contributed by atoms with E-state index < -0.39 is 10.0 Å². The van der Waals surface area contributed by atoms with Gasteiger partial charge in [-0.05, 0) is 35.7 Å². The Balaban J connectivity index is 1.37. The number of nitrogens with zero attached hydrogens (tertiary/aromatic N) is 3. The van der Waals surface area contributed by atoms with Gasteiger partial charge in [-0.3, -0.25) is 9.89 Å². The molecule has 10 heteroatoms. The molecular formula is C20H23N5O3S2. The van der Waals surface area contributed by atoms with Gasteiger partial charge >= 0.3 is 0 Å². The summed E-state index contributed by atoms with van der Waals surface area (Å²) in [5, 5.41) is 12.0. The Hall–Kier alpha value is -2.43. The van der Waals surface area contributed by atoms with Crippen LogP contribution in [0.1, 0.15) is 12.8 Å². The van der Waals surface area contributed by atoms with E-state index in [1.807, 2.05) is 30.3 Å². The van der Waals surface area contributed by atoms with Crippen LogP contribution in [0.5, 0.6) is 0 Å². The van der Waals surface area contributed by atoms with Gasteiger partial charge in [0.05, 0.1) is 10.8 Å². The minimum absolute atomic E-state index is 0.105. The van der Waals surface area contributed by atoms with Crippen molar-refractivity contribution in [2.75, 3.05) is 25.4 Å². The van der Waals surface area contributed by atoms with Crippen molar-refractivity contribution < 1.29 is 13.2 Å². The Kier molecular flexibility index (Phi) is 6.35. The molecule has 2 heterocycles. The van der Waals surface area contributed by atoms with Gasteiger partial charge in [0.25, 0.3) is 0 Å². The lowest BCUT2D eigenvalue weighted by molar-refractivity contribution is -0.125. The molecule has 2 N–H and O–H groups in total. The third-order valence-corrected chi connectivity index (χ3v) is 7.89. The standard InChI is InChI=1S/C20H23N5O3S2/c26-19(21-9-11-29-20-22-14-23-24-20)17-6-3-10-25(13-17)30(27,28)18-8-7-15-4-1-2-5-16(15)12-18/h1-2,4-5,7-8,12,14,17H,3,6,9-11,13H2,(H,21,26)(H,22,23,24)/t17-/m1/s1. The third kappa shape index (κ3) is 4.66. The predicted molar refractivity (Wildman–Crippen MR) is 116 cm³/mol. The molecule has 2 aromatic carbocycles. The molecule has 0 spiro atoms. The number of amides is 1. The fourth-order valence-corrected chi connectivity index (χ4v) is 5.78. The lowest BCUT2D eigenvalue weighted by Crippen LogP contribution is -2.45. The Morgan fingerprint density at radius 2 is 2.07 bits per heavy atom. The minimum atomic E-state index is -3.64. The number of sulfonamides is 1. The molecule has 158 valence electrons. The van der Waals surface area contributed by atoms with E-state index in [2.05, 4.69) is 20.5 Å². The first-order valence-corrected chi connectivity index (χ1v) is 12.2. The van der Waals surface area contributed by atoms with E-state index in [0.29, 0.717) is 36.8 Å². The average Bonchev–Trinajstić information content (AvgIpc) is 3.30. The molecule has 1 saturated heterocycles. The van der Waals surface area contributed by atoms with Crippen LogP contribution < -0.4 is 5.32 Å².